The van der Waals surface area contributed by atoms with Gasteiger partial charge in [-0.1, -0.05) is 30.3 Å². The van der Waals surface area contributed by atoms with Crippen LogP contribution >= 0.6 is 11.8 Å². The molecule has 0 radical (unpaired) electrons. The van der Waals surface area contributed by atoms with Crippen LogP contribution in [0.4, 0.5) is 13.2 Å². The Morgan fingerprint density at radius 2 is 1.75 bits per heavy atom. The quantitative estimate of drug-likeness (QED) is 0.552. The second kappa shape index (κ2) is 8.52. The van der Waals surface area contributed by atoms with Crippen molar-refractivity contribution in [2.75, 3.05) is 7.05 Å². The highest BCUT2D eigenvalue weighted by Gasteiger charge is 2.29. The summed E-state index contributed by atoms with van der Waals surface area (Å²) in [6, 6.07) is 15.3. The minimum absolute atomic E-state index is 0.0499. The molecule has 0 fully saturated rings. The molecule has 2 aromatic carbocycles. The van der Waals surface area contributed by atoms with E-state index < -0.39 is 5.51 Å². The summed E-state index contributed by atoms with van der Waals surface area (Å²) in [5.41, 5.74) is -2.01. The first-order valence-electron chi connectivity index (χ1n) is 8.47. The number of aromatic nitrogens is 2. The van der Waals surface area contributed by atoms with E-state index in [-0.39, 0.29) is 22.6 Å². The van der Waals surface area contributed by atoms with Crippen LogP contribution in [0, 0.1) is 0 Å². The van der Waals surface area contributed by atoms with Gasteiger partial charge in [-0.2, -0.15) is 18.3 Å². The fourth-order valence-corrected chi connectivity index (χ4v) is 3.25. The van der Waals surface area contributed by atoms with Gasteiger partial charge in [-0.15, -0.1) is 0 Å². The number of rotatable bonds is 6. The minimum Gasteiger partial charge on any atom is -0.337 e. The first-order chi connectivity index (χ1) is 13.3. The summed E-state index contributed by atoms with van der Waals surface area (Å²) >= 11 is -0.200. The third-order valence-corrected chi connectivity index (χ3v) is 4.71. The maximum absolute atomic E-state index is 12.5. The number of carbonyl (C=O) groups is 1. The molecule has 3 rings (SSSR count). The van der Waals surface area contributed by atoms with Crippen molar-refractivity contribution in [3.8, 4) is 0 Å². The van der Waals surface area contributed by atoms with E-state index in [1.165, 1.54) is 29.2 Å². The molecule has 0 aliphatic rings. The SMILES string of the molecule is CN(Cc1cnn(Cc2ccccc2)c1)C(=O)c1ccc(SC(F)(F)F)cc1. The summed E-state index contributed by atoms with van der Waals surface area (Å²) in [5, 5.41) is 4.31. The Morgan fingerprint density at radius 3 is 2.39 bits per heavy atom. The average molecular weight is 405 g/mol. The predicted octanol–water partition coefficient (Wildman–Crippen LogP) is 4.82. The van der Waals surface area contributed by atoms with Crippen LogP contribution in [0.25, 0.3) is 0 Å². The van der Waals surface area contributed by atoms with E-state index in [2.05, 4.69) is 5.10 Å². The highest BCUT2D eigenvalue weighted by Crippen LogP contribution is 2.36. The number of thioether (sulfide) groups is 1. The number of hydrogen-bond donors (Lipinski definition) is 0. The van der Waals surface area contributed by atoms with Gasteiger partial charge in [0, 0.05) is 35.8 Å². The average Bonchev–Trinajstić information content (AvgIpc) is 3.08. The van der Waals surface area contributed by atoms with Crippen molar-refractivity contribution in [1.29, 1.82) is 0 Å². The van der Waals surface area contributed by atoms with Crippen molar-refractivity contribution in [3.05, 3.63) is 83.7 Å². The zero-order chi connectivity index (χ0) is 20.1. The van der Waals surface area contributed by atoms with Gasteiger partial charge in [0.15, 0.2) is 0 Å². The number of amides is 1. The van der Waals surface area contributed by atoms with E-state index in [1.807, 2.05) is 36.5 Å². The van der Waals surface area contributed by atoms with Crippen LogP contribution in [-0.2, 0) is 13.1 Å². The fraction of sp³-hybridized carbons (Fsp3) is 0.200. The van der Waals surface area contributed by atoms with Gasteiger partial charge >= 0.3 is 5.51 Å². The minimum atomic E-state index is -4.35. The van der Waals surface area contributed by atoms with E-state index >= 15 is 0 Å². The predicted molar refractivity (Wildman–Crippen MR) is 102 cm³/mol. The Labute approximate surface area is 165 Å². The number of halogens is 3. The highest BCUT2D eigenvalue weighted by atomic mass is 32.2. The monoisotopic (exact) mass is 405 g/mol. The Kier molecular flexibility index (Phi) is 6.08. The zero-order valence-electron chi connectivity index (χ0n) is 15.1. The molecule has 0 unspecified atom stereocenters. The van der Waals surface area contributed by atoms with Gasteiger partial charge in [0.2, 0.25) is 0 Å². The number of hydrogen-bond acceptors (Lipinski definition) is 3. The molecule has 0 aliphatic heterocycles. The zero-order valence-corrected chi connectivity index (χ0v) is 15.9. The molecule has 28 heavy (non-hydrogen) atoms. The molecule has 0 spiro atoms. The Bertz CT molecular complexity index is 924. The van der Waals surface area contributed by atoms with Crippen molar-refractivity contribution in [3.63, 3.8) is 0 Å². The molecule has 1 amide bonds. The van der Waals surface area contributed by atoms with Crippen molar-refractivity contribution in [1.82, 2.24) is 14.7 Å². The molecule has 4 nitrogen and oxygen atoms in total. The van der Waals surface area contributed by atoms with Gasteiger partial charge < -0.3 is 4.90 Å². The van der Waals surface area contributed by atoms with E-state index in [0.717, 1.165) is 11.1 Å². The summed E-state index contributed by atoms with van der Waals surface area (Å²) in [6.07, 6.45) is 3.58. The normalized spacial score (nSPS) is 11.4. The molecule has 0 N–H and O–H groups in total. The van der Waals surface area contributed by atoms with Crippen molar-refractivity contribution in [2.24, 2.45) is 0 Å². The molecule has 3 aromatic rings. The van der Waals surface area contributed by atoms with E-state index in [4.69, 9.17) is 0 Å². The Hall–Kier alpha value is -2.74. The molecule has 1 heterocycles. The molecule has 0 aliphatic carbocycles. The standard InChI is InChI=1S/C20H18F3N3OS/c1-25(19(27)17-7-9-18(10-8-17)28-20(21,22)23)12-16-11-24-26(14-16)13-15-5-3-2-4-6-15/h2-11,14H,12-13H2,1H3. The van der Waals surface area contributed by atoms with Crippen LogP contribution < -0.4 is 0 Å². The van der Waals surface area contributed by atoms with Crippen LogP contribution in [-0.4, -0.2) is 33.1 Å². The molecule has 0 bridgehead atoms. The maximum Gasteiger partial charge on any atom is 0.446 e. The van der Waals surface area contributed by atoms with Crippen molar-refractivity contribution < 1.29 is 18.0 Å². The number of benzene rings is 2. The molecule has 8 heteroatoms. The van der Waals surface area contributed by atoms with Gasteiger partial charge in [0.05, 0.1) is 12.7 Å². The Morgan fingerprint density at radius 1 is 1.07 bits per heavy atom. The van der Waals surface area contributed by atoms with Gasteiger partial charge in [0.1, 0.15) is 0 Å². The summed E-state index contributed by atoms with van der Waals surface area (Å²) < 4.78 is 39.0. The second-order valence-corrected chi connectivity index (χ2v) is 7.40. The first kappa shape index (κ1) is 20.0. The molecule has 146 valence electrons. The lowest BCUT2D eigenvalue weighted by Gasteiger charge is -2.16. The molecule has 0 saturated heterocycles. The fourth-order valence-electron chi connectivity index (χ4n) is 2.71. The third kappa shape index (κ3) is 5.63. The summed E-state index contributed by atoms with van der Waals surface area (Å²) in [6.45, 7) is 0.990. The van der Waals surface area contributed by atoms with Gasteiger partial charge in [-0.25, -0.2) is 0 Å². The lowest BCUT2D eigenvalue weighted by Crippen LogP contribution is -2.26. The number of alkyl halides is 3. The van der Waals surface area contributed by atoms with Crippen LogP contribution in [0.15, 0.2) is 71.9 Å². The highest BCUT2D eigenvalue weighted by molar-refractivity contribution is 8.00. The molecule has 1 aromatic heterocycles. The van der Waals surface area contributed by atoms with E-state index in [0.29, 0.717) is 18.7 Å². The summed E-state index contributed by atoms with van der Waals surface area (Å²) in [7, 11) is 1.65. The summed E-state index contributed by atoms with van der Waals surface area (Å²) in [5.74, 6) is -0.264. The molecule has 0 atom stereocenters. The van der Waals surface area contributed by atoms with E-state index in [9.17, 15) is 18.0 Å². The van der Waals surface area contributed by atoms with Crippen molar-refractivity contribution in [2.45, 2.75) is 23.5 Å². The van der Waals surface area contributed by atoms with Gasteiger partial charge in [-0.05, 0) is 41.6 Å². The van der Waals surface area contributed by atoms with Crippen LogP contribution in [0.3, 0.4) is 0 Å². The van der Waals surface area contributed by atoms with Gasteiger partial charge in [-0.3, -0.25) is 9.48 Å². The second-order valence-electron chi connectivity index (χ2n) is 6.27. The van der Waals surface area contributed by atoms with E-state index in [1.54, 1.807) is 17.9 Å². The maximum atomic E-state index is 12.5. The van der Waals surface area contributed by atoms with Gasteiger partial charge in [0.25, 0.3) is 5.91 Å². The third-order valence-electron chi connectivity index (χ3n) is 3.98. The number of nitrogens with zero attached hydrogens (tertiary/aromatic N) is 3. The molecular weight excluding hydrogens is 387 g/mol. The lowest BCUT2D eigenvalue weighted by atomic mass is 10.2. The molecular formula is C20H18F3N3OS. The van der Waals surface area contributed by atoms with Crippen LogP contribution in [0.5, 0.6) is 0 Å². The topological polar surface area (TPSA) is 38.1 Å². The largest absolute Gasteiger partial charge is 0.446 e. The van der Waals surface area contributed by atoms with Crippen LogP contribution in [0.2, 0.25) is 0 Å². The van der Waals surface area contributed by atoms with Crippen molar-refractivity contribution >= 4 is 17.7 Å². The summed E-state index contributed by atoms with van der Waals surface area (Å²) in [4.78, 5) is 14.1. The lowest BCUT2D eigenvalue weighted by molar-refractivity contribution is -0.0328. The smallest absolute Gasteiger partial charge is 0.337 e. The first-order valence-corrected chi connectivity index (χ1v) is 9.28. The number of carbonyl (C=O) groups excluding carboxylic acids is 1. The Balaban J connectivity index is 1.60. The molecule has 0 saturated carbocycles. The van der Waals surface area contributed by atoms with Crippen LogP contribution in [0.1, 0.15) is 21.5 Å².